The van der Waals surface area contributed by atoms with Crippen LogP contribution in [-0.4, -0.2) is 55.8 Å². The van der Waals surface area contributed by atoms with E-state index in [0.717, 1.165) is 25.5 Å². The zero-order chi connectivity index (χ0) is 24.4. The fourth-order valence-corrected chi connectivity index (χ4v) is 3.50. The van der Waals surface area contributed by atoms with Crippen LogP contribution in [0.25, 0.3) is 0 Å². The summed E-state index contributed by atoms with van der Waals surface area (Å²) in [5.41, 5.74) is -0.553. The van der Waals surface area contributed by atoms with Gasteiger partial charge in [0.25, 0.3) is 5.91 Å². The van der Waals surface area contributed by atoms with E-state index in [1.54, 1.807) is 5.32 Å². The number of nitrogens with one attached hydrogen (secondary N) is 3. The Morgan fingerprint density at radius 3 is 2.63 bits per heavy atom. The first kappa shape index (κ1) is 17.6. The Bertz CT molecular complexity index is 1180. The lowest BCUT2D eigenvalue weighted by Crippen LogP contribution is -2.29. The number of anilines is 3. The molecule has 0 bridgehead atoms. The molecule has 0 aromatic carbocycles. The molecule has 1 fully saturated rings. The van der Waals surface area contributed by atoms with Gasteiger partial charge in [0.05, 0.1) is 19.0 Å². The zero-order valence-electron chi connectivity index (χ0n) is 19.2. The SMILES string of the molecule is [2H]C([2H])([2H])NC(=O)c1nnc(NC(=O)C2CCC2)cc1Nc1ncc(OC)cc1S(C)(=O)=O. The summed E-state index contributed by atoms with van der Waals surface area (Å²) in [5.74, 6) is -1.49. The Balaban J connectivity index is 2.02. The van der Waals surface area contributed by atoms with E-state index < -0.39 is 28.4 Å². The van der Waals surface area contributed by atoms with Gasteiger partial charge in [0.15, 0.2) is 21.3 Å². The molecule has 1 aliphatic rings. The molecule has 0 atom stereocenters. The van der Waals surface area contributed by atoms with E-state index in [9.17, 15) is 18.0 Å². The van der Waals surface area contributed by atoms with Gasteiger partial charge in [-0.1, -0.05) is 6.42 Å². The average Bonchev–Trinajstić information content (AvgIpc) is 2.64. The minimum absolute atomic E-state index is 0.00532. The van der Waals surface area contributed by atoms with Crippen molar-refractivity contribution in [3.63, 3.8) is 0 Å². The van der Waals surface area contributed by atoms with Crippen LogP contribution in [0.4, 0.5) is 17.3 Å². The molecular weight excluding hydrogens is 412 g/mol. The second-order valence-corrected chi connectivity index (χ2v) is 8.67. The lowest BCUT2D eigenvalue weighted by Gasteiger charge is -2.23. The number of hydrogen-bond acceptors (Lipinski definition) is 9. The highest BCUT2D eigenvalue weighted by atomic mass is 32.2. The van der Waals surface area contributed by atoms with Crippen molar-refractivity contribution in [2.24, 2.45) is 5.92 Å². The summed E-state index contributed by atoms with van der Waals surface area (Å²) in [6.45, 7) is -2.80. The Kier molecular flexibility index (Phi) is 5.04. The smallest absolute Gasteiger partial charge is 0.273 e. The van der Waals surface area contributed by atoms with Crippen LogP contribution in [-0.2, 0) is 14.6 Å². The first-order valence-corrected chi connectivity index (χ1v) is 10.8. The van der Waals surface area contributed by atoms with Crippen molar-refractivity contribution in [3.05, 3.63) is 24.0 Å². The predicted octanol–water partition coefficient (Wildman–Crippen LogP) is 1.13. The fraction of sp³-hybridized carbons (Fsp3) is 0.389. The van der Waals surface area contributed by atoms with Gasteiger partial charge in [0.1, 0.15) is 16.5 Å². The third-order valence-corrected chi connectivity index (χ3v) is 5.68. The van der Waals surface area contributed by atoms with E-state index in [0.29, 0.717) is 0 Å². The highest BCUT2D eigenvalue weighted by Gasteiger charge is 2.26. The van der Waals surface area contributed by atoms with Crippen molar-refractivity contribution < 1.29 is 26.9 Å². The number of carbonyl (C=O) groups is 2. The van der Waals surface area contributed by atoms with Crippen LogP contribution in [0.15, 0.2) is 23.2 Å². The topological polar surface area (TPSA) is 152 Å². The zero-order valence-corrected chi connectivity index (χ0v) is 17.0. The van der Waals surface area contributed by atoms with Crippen LogP contribution in [0.1, 0.15) is 33.9 Å². The third kappa shape index (κ3) is 4.64. The Labute approximate surface area is 177 Å². The predicted molar refractivity (Wildman–Crippen MR) is 109 cm³/mol. The number of ether oxygens (including phenoxy) is 1. The number of aromatic nitrogens is 3. The van der Waals surface area contributed by atoms with E-state index in [2.05, 4.69) is 25.8 Å². The summed E-state index contributed by atoms with van der Waals surface area (Å²) in [7, 11) is -2.44. The molecule has 3 N–H and O–H groups in total. The number of amides is 2. The van der Waals surface area contributed by atoms with Crippen LogP contribution in [0.2, 0.25) is 0 Å². The van der Waals surface area contributed by atoms with Crippen LogP contribution < -0.4 is 20.7 Å². The van der Waals surface area contributed by atoms with Gasteiger partial charge >= 0.3 is 0 Å². The molecule has 2 heterocycles. The molecule has 0 spiro atoms. The number of nitrogens with zero attached hydrogens (tertiary/aromatic N) is 3. The van der Waals surface area contributed by atoms with Crippen molar-refractivity contribution in [1.29, 1.82) is 0 Å². The number of carbonyl (C=O) groups excluding carboxylic acids is 2. The summed E-state index contributed by atoms with van der Waals surface area (Å²) in [6, 6.07) is 2.48. The molecule has 1 saturated carbocycles. The Morgan fingerprint density at radius 2 is 2.03 bits per heavy atom. The first-order chi connectivity index (χ1) is 15.4. The van der Waals surface area contributed by atoms with Crippen molar-refractivity contribution in [2.45, 2.75) is 24.2 Å². The van der Waals surface area contributed by atoms with Crippen LogP contribution in [0, 0.1) is 5.92 Å². The van der Waals surface area contributed by atoms with E-state index in [1.165, 1.54) is 25.4 Å². The van der Waals surface area contributed by atoms with Gasteiger partial charge in [0.2, 0.25) is 5.91 Å². The molecule has 0 saturated heterocycles. The van der Waals surface area contributed by atoms with Crippen molar-refractivity contribution in [3.8, 4) is 5.75 Å². The molecule has 0 unspecified atom stereocenters. The van der Waals surface area contributed by atoms with Crippen molar-refractivity contribution >= 4 is 39.0 Å². The van der Waals surface area contributed by atoms with Gasteiger partial charge in [-0.05, 0) is 12.8 Å². The van der Waals surface area contributed by atoms with Crippen molar-refractivity contribution in [2.75, 3.05) is 31.0 Å². The number of hydrogen-bond donors (Lipinski definition) is 3. The van der Waals surface area contributed by atoms with Crippen LogP contribution >= 0.6 is 0 Å². The maximum absolute atomic E-state index is 12.5. The fourth-order valence-electron chi connectivity index (χ4n) is 2.72. The van der Waals surface area contributed by atoms with Gasteiger partial charge < -0.3 is 20.7 Å². The molecule has 30 heavy (non-hydrogen) atoms. The largest absolute Gasteiger partial charge is 0.495 e. The number of pyridine rings is 1. The Hall–Kier alpha value is -3.28. The van der Waals surface area contributed by atoms with Crippen LogP contribution in [0.3, 0.4) is 0 Å². The lowest BCUT2D eigenvalue weighted by molar-refractivity contribution is -0.122. The summed E-state index contributed by atoms with van der Waals surface area (Å²) >= 11 is 0. The molecule has 1 aliphatic carbocycles. The number of sulfone groups is 1. The third-order valence-electron chi connectivity index (χ3n) is 4.57. The van der Waals surface area contributed by atoms with E-state index >= 15 is 0 Å². The molecule has 2 amide bonds. The highest BCUT2D eigenvalue weighted by molar-refractivity contribution is 7.90. The van der Waals surface area contributed by atoms with Crippen molar-refractivity contribution in [1.82, 2.24) is 20.5 Å². The summed E-state index contributed by atoms with van der Waals surface area (Å²) < 4.78 is 51.3. The number of rotatable bonds is 7. The molecule has 3 rings (SSSR count). The monoisotopic (exact) mass is 437 g/mol. The van der Waals surface area contributed by atoms with Gasteiger partial charge in [-0.2, -0.15) is 0 Å². The minimum atomic E-state index is -3.79. The molecule has 2 aromatic rings. The van der Waals surface area contributed by atoms with Crippen LogP contribution in [0.5, 0.6) is 5.75 Å². The summed E-state index contributed by atoms with van der Waals surface area (Å²) in [5, 5.41) is 14.6. The number of methoxy groups -OCH3 is 1. The Morgan fingerprint density at radius 1 is 1.27 bits per heavy atom. The highest BCUT2D eigenvalue weighted by Crippen LogP contribution is 2.30. The molecule has 2 aromatic heterocycles. The quantitative estimate of drug-likeness (QED) is 0.578. The minimum Gasteiger partial charge on any atom is -0.495 e. The summed E-state index contributed by atoms with van der Waals surface area (Å²) in [4.78, 5) is 28.6. The standard InChI is InChI=1S/C18H22N6O5S/c1-19-18(26)15-12(8-14(23-24-15)22-17(25)10-5-4-6-10)21-16-13(30(3,27)28)7-11(29-2)9-20-16/h7-10H,4-6H2,1-3H3,(H,19,26)(H2,20,21,22,23,25)/i1D3. The van der Waals surface area contributed by atoms with Gasteiger partial charge in [-0.25, -0.2) is 13.4 Å². The molecule has 0 aliphatic heterocycles. The average molecular weight is 437 g/mol. The molecule has 11 nitrogen and oxygen atoms in total. The van der Waals surface area contributed by atoms with E-state index in [-0.39, 0.29) is 39.8 Å². The molecule has 0 radical (unpaired) electrons. The second-order valence-electron chi connectivity index (χ2n) is 6.68. The summed E-state index contributed by atoms with van der Waals surface area (Å²) in [6.07, 6.45) is 4.66. The van der Waals surface area contributed by atoms with Gasteiger partial charge in [0, 0.05) is 35.4 Å². The first-order valence-electron chi connectivity index (χ1n) is 10.4. The second kappa shape index (κ2) is 8.61. The molecule has 12 heteroatoms. The normalized spacial score (nSPS) is 15.7. The van der Waals surface area contributed by atoms with E-state index in [4.69, 9.17) is 8.85 Å². The maximum Gasteiger partial charge on any atom is 0.273 e. The molecular formula is C18H22N6O5S. The maximum atomic E-state index is 12.5. The molecule has 160 valence electrons. The lowest BCUT2D eigenvalue weighted by atomic mass is 9.85. The van der Waals surface area contributed by atoms with E-state index in [1.807, 2.05) is 0 Å². The van der Waals surface area contributed by atoms with Gasteiger partial charge in [-0.3, -0.25) is 9.59 Å². The van der Waals surface area contributed by atoms with Gasteiger partial charge in [-0.15, -0.1) is 10.2 Å².